The maximum atomic E-state index is 2.48. The zero-order chi connectivity index (χ0) is 20.3. The molecule has 3 rings (SSSR count). The van der Waals surface area contributed by atoms with Gasteiger partial charge in [-0.2, -0.15) is 0 Å². The van der Waals surface area contributed by atoms with Crippen molar-refractivity contribution in [2.45, 2.75) is 34.3 Å². The Morgan fingerprint density at radius 3 is 0.929 bits per heavy atom. The van der Waals surface area contributed by atoms with E-state index in [1.165, 1.54) is 0 Å². The molecule has 3 aromatic carbocycles. The van der Waals surface area contributed by atoms with Gasteiger partial charge in [0.25, 0.3) is 0 Å². The van der Waals surface area contributed by atoms with E-state index in [0.29, 0.717) is 0 Å². The van der Waals surface area contributed by atoms with Crippen LogP contribution in [0.4, 0.5) is 0 Å². The second-order valence-electron chi connectivity index (χ2n) is 7.48. The topological polar surface area (TPSA) is 0 Å². The van der Waals surface area contributed by atoms with Crippen molar-refractivity contribution in [2.75, 3.05) is 0 Å². The molecule has 0 aliphatic rings. The van der Waals surface area contributed by atoms with Crippen molar-refractivity contribution in [1.82, 2.24) is 0 Å². The number of hydrogen-bond acceptors (Lipinski definition) is 0. The zero-order valence-electron chi connectivity index (χ0n) is 17.7. The molecule has 0 saturated heterocycles. The fourth-order valence-corrected chi connectivity index (χ4v) is 16.7. The molecular formula is C24H30As3P. The van der Waals surface area contributed by atoms with Gasteiger partial charge in [0.2, 0.25) is 0 Å². The summed E-state index contributed by atoms with van der Waals surface area (Å²) in [5, 5.41) is 4.86. The summed E-state index contributed by atoms with van der Waals surface area (Å²) in [5.74, 6) is 0. The first kappa shape index (κ1) is 22.5. The van der Waals surface area contributed by atoms with Crippen LogP contribution in [0, 0.1) is 0 Å². The Labute approximate surface area is 186 Å². The summed E-state index contributed by atoms with van der Waals surface area (Å²) in [6, 6.07) is 28.1. The van der Waals surface area contributed by atoms with E-state index < -0.39 is 51.9 Å². The molecule has 3 aromatic rings. The molecule has 0 nitrogen and oxygen atoms in total. The van der Waals surface area contributed by atoms with Crippen LogP contribution in [0.25, 0.3) is 0 Å². The first-order valence-corrected chi connectivity index (χ1v) is 24.9. The van der Waals surface area contributed by atoms with E-state index in [4.69, 9.17) is 0 Å². The van der Waals surface area contributed by atoms with E-state index in [0.717, 1.165) is 0 Å². The molecule has 0 unspecified atom stereocenters. The van der Waals surface area contributed by atoms with Gasteiger partial charge in [-0.3, -0.25) is 0 Å². The Hall–Kier alpha value is -0.235. The van der Waals surface area contributed by atoms with E-state index in [2.05, 4.69) is 107 Å². The van der Waals surface area contributed by atoms with Crippen LogP contribution in [-0.4, -0.2) is 44.0 Å². The van der Waals surface area contributed by atoms with Gasteiger partial charge in [0.1, 0.15) is 0 Å². The molecule has 0 aromatic heterocycles. The monoisotopic (exact) mass is 574 g/mol. The van der Waals surface area contributed by atoms with E-state index >= 15 is 0 Å². The van der Waals surface area contributed by atoms with E-state index in [1.54, 1.807) is 29.0 Å². The van der Waals surface area contributed by atoms with Crippen LogP contribution < -0.4 is 29.0 Å². The summed E-state index contributed by atoms with van der Waals surface area (Å²) < 4.78 is 4.97. The van der Waals surface area contributed by atoms with Gasteiger partial charge in [0, 0.05) is 0 Å². The predicted octanol–water partition coefficient (Wildman–Crippen LogP) is 3.33. The van der Waals surface area contributed by atoms with Gasteiger partial charge < -0.3 is 0 Å². The van der Waals surface area contributed by atoms with Crippen LogP contribution in [0.2, 0.25) is 34.3 Å². The van der Waals surface area contributed by atoms with E-state index in [9.17, 15) is 0 Å². The van der Waals surface area contributed by atoms with Crippen LogP contribution in [0.5, 0.6) is 0 Å². The fourth-order valence-electron chi connectivity index (χ4n) is 3.48. The summed E-state index contributed by atoms with van der Waals surface area (Å²) in [4.78, 5) is 0. The van der Waals surface area contributed by atoms with Crippen LogP contribution >= 0.6 is 7.92 Å². The Balaban J connectivity index is 2.35. The molecule has 28 heavy (non-hydrogen) atoms. The molecule has 0 amide bonds. The molecular weight excluding hydrogens is 544 g/mol. The molecule has 4 heteroatoms. The third-order valence-electron chi connectivity index (χ3n) is 4.81. The van der Waals surface area contributed by atoms with Crippen LogP contribution in [0.1, 0.15) is 0 Å². The van der Waals surface area contributed by atoms with Gasteiger partial charge in [-0.05, 0) is 0 Å². The van der Waals surface area contributed by atoms with Crippen molar-refractivity contribution in [3.63, 3.8) is 0 Å². The van der Waals surface area contributed by atoms with Gasteiger partial charge in [0.15, 0.2) is 0 Å². The molecule has 0 bridgehead atoms. The second-order valence-corrected chi connectivity index (χ2v) is 23.9. The molecule has 146 valence electrons. The molecule has 0 heterocycles. The van der Waals surface area contributed by atoms with Gasteiger partial charge in [-0.1, -0.05) is 0 Å². The van der Waals surface area contributed by atoms with Crippen LogP contribution in [-0.2, 0) is 0 Å². The fraction of sp³-hybridized carbons (Fsp3) is 0.250. The summed E-state index contributed by atoms with van der Waals surface area (Å²) in [5.41, 5.74) is 14.9. The summed E-state index contributed by atoms with van der Waals surface area (Å²) >= 11 is -2.95. The second kappa shape index (κ2) is 10.2. The molecule has 0 aliphatic carbocycles. The molecule has 0 saturated carbocycles. The van der Waals surface area contributed by atoms with Crippen molar-refractivity contribution >= 4 is 80.8 Å². The van der Waals surface area contributed by atoms with Gasteiger partial charge in [0.05, 0.1) is 0 Å². The number of hydrogen-bond donors (Lipinski definition) is 0. The Morgan fingerprint density at radius 2 is 0.679 bits per heavy atom. The minimum absolute atomic E-state index is 0.496. The van der Waals surface area contributed by atoms with Crippen LogP contribution in [0.3, 0.4) is 0 Å². The van der Waals surface area contributed by atoms with Gasteiger partial charge in [-0.25, -0.2) is 0 Å². The van der Waals surface area contributed by atoms with E-state index in [-0.39, 0.29) is 0 Å². The average molecular weight is 574 g/mol. The average Bonchev–Trinajstić information content (AvgIpc) is 2.69. The SMILES string of the molecule is C[As](C)c1ccccc1P(c1ccccc1[As](C)C)c1ccccc1[As](C)C. The molecule has 0 N–H and O–H groups in total. The summed E-state index contributed by atoms with van der Waals surface area (Å²) in [6.07, 6.45) is 0. The summed E-state index contributed by atoms with van der Waals surface area (Å²) in [6.45, 7) is 0. The maximum absolute atomic E-state index is 2.48. The Bertz CT molecular complexity index is 812. The molecule has 0 spiro atoms. The number of rotatable bonds is 6. The van der Waals surface area contributed by atoms with Crippen LogP contribution in [0.15, 0.2) is 72.8 Å². The van der Waals surface area contributed by atoms with Crippen molar-refractivity contribution in [3.8, 4) is 0 Å². The zero-order valence-corrected chi connectivity index (χ0v) is 24.2. The standard InChI is InChI=1S/C24H30As3P/c1-25(2)19-13-7-10-16-22(19)28(23-17-11-8-14-20(23)26(3)4)24-18-12-9-15-21(24)27(5)6/h7-18H,1-6H3. The predicted molar refractivity (Wildman–Crippen MR) is 136 cm³/mol. The minimum atomic E-state index is -0.984. The van der Waals surface area contributed by atoms with Gasteiger partial charge >= 0.3 is 188 Å². The van der Waals surface area contributed by atoms with Crippen molar-refractivity contribution in [3.05, 3.63) is 72.8 Å². The number of benzene rings is 3. The first-order chi connectivity index (χ1) is 13.4. The third kappa shape index (κ3) is 4.90. The van der Waals surface area contributed by atoms with Crippen molar-refractivity contribution in [1.29, 1.82) is 0 Å². The first-order valence-electron chi connectivity index (χ1n) is 9.51. The third-order valence-corrected chi connectivity index (χ3v) is 17.1. The molecule has 0 fully saturated rings. The Morgan fingerprint density at radius 1 is 0.429 bits per heavy atom. The van der Waals surface area contributed by atoms with Gasteiger partial charge in [-0.15, -0.1) is 0 Å². The normalized spacial score (nSPS) is 11.8. The molecule has 0 aliphatic heterocycles. The summed E-state index contributed by atoms with van der Waals surface area (Å²) in [7, 11) is -0.496. The van der Waals surface area contributed by atoms with Crippen molar-refractivity contribution < 1.29 is 0 Å². The molecule has 0 atom stereocenters. The van der Waals surface area contributed by atoms with Crippen molar-refractivity contribution in [2.24, 2.45) is 0 Å². The quantitative estimate of drug-likeness (QED) is 0.313. The Kier molecular flexibility index (Phi) is 8.17. The van der Waals surface area contributed by atoms with E-state index in [1.807, 2.05) is 0 Å². The molecule has 0 radical (unpaired) electrons.